The van der Waals surface area contributed by atoms with Gasteiger partial charge in [-0.1, -0.05) is 37.3 Å². The van der Waals surface area contributed by atoms with E-state index < -0.39 is 18.1 Å². The van der Waals surface area contributed by atoms with Crippen LogP contribution in [0.3, 0.4) is 0 Å². The second-order valence-electron chi connectivity index (χ2n) is 8.97. The van der Waals surface area contributed by atoms with Gasteiger partial charge in [0.1, 0.15) is 16.5 Å². The van der Waals surface area contributed by atoms with Crippen LogP contribution < -0.4 is 15.4 Å². The molecule has 44 heavy (non-hydrogen) atoms. The minimum atomic E-state index is -5.08. The fraction of sp³-hybridized carbons (Fsp3) is 0.267. The molecule has 0 atom stereocenters. The number of nitrogens with zero attached hydrogens (tertiary/aromatic N) is 1. The molecule has 4 N–H and O–H groups in total. The van der Waals surface area contributed by atoms with Crippen molar-refractivity contribution in [3.05, 3.63) is 88.2 Å². The maximum Gasteiger partial charge on any atom is 0.490 e. The number of carboxylic acid groups (broad SMARTS) is 1. The highest BCUT2D eigenvalue weighted by Crippen LogP contribution is 2.26. The molecule has 234 valence electrons. The van der Waals surface area contributed by atoms with Gasteiger partial charge in [-0.15, -0.1) is 11.3 Å². The van der Waals surface area contributed by atoms with Gasteiger partial charge in [-0.25, -0.2) is 14.6 Å². The molecule has 0 fully saturated rings. The maximum atomic E-state index is 13.2. The number of methoxy groups -OCH3 is 1. The van der Waals surface area contributed by atoms with E-state index in [9.17, 15) is 22.8 Å². The van der Waals surface area contributed by atoms with Gasteiger partial charge < -0.3 is 30.2 Å². The summed E-state index contributed by atoms with van der Waals surface area (Å²) in [5.41, 5.74) is 3.89. The first-order chi connectivity index (χ1) is 21.0. The molecule has 0 spiro atoms. The molecule has 0 aliphatic rings. The largest absolute Gasteiger partial charge is 0.497 e. The summed E-state index contributed by atoms with van der Waals surface area (Å²) in [6.07, 6.45) is -2.81. The van der Waals surface area contributed by atoms with Crippen LogP contribution in [0.25, 0.3) is 10.6 Å². The number of benzene rings is 2. The number of aromatic amines is 1. The Bertz CT molecular complexity index is 1550. The molecular weight excluding hydrogens is 601 g/mol. The SMILES string of the molecule is CCOC(=O)c1c(CNc2ccc(OC)cc2)[nH]c(C(=O)NCc2cnc(-c3ccccc3)s2)c1CC.O=C(O)C(F)(F)F. The summed E-state index contributed by atoms with van der Waals surface area (Å²) in [4.78, 5) is 43.6. The molecule has 0 saturated heterocycles. The molecule has 2 aromatic carbocycles. The Balaban J connectivity index is 0.000000676. The van der Waals surface area contributed by atoms with E-state index >= 15 is 0 Å². The number of halogens is 3. The van der Waals surface area contributed by atoms with Gasteiger partial charge in [-0.05, 0) is 43.2 Å². The fourth-order valence-corrected chi connectivity index (χ4v) is 4.84. The summed E-state index contributed by atoms with van der Waals surface area (Å²) in [7, 11) is 1.61. The van der Waals surface area contributed by atoms with E-state index in [0.29, 0.717) is 42.0 Å². The molecule has 2 heterocycles. The number of thiazole rings is 1. The molecule has 0 bridgehead atoms. The van der Waals surface area contributed by atoms with Crippen molar-refractivity contribution in [1.29, 1.82) is 0 Å². The van der Waals surface area contributed by atoms with Gasteiger partial charge in [-0.2, -0.15) is 13.2 Å². The third-order valence-electron chi connectivity index (χ3n) is 6.04. The number of alkyl halides is 3. The number of H-pyrrole nitrogens is 1. The van der Waals surface area contributed by atoms with Crippen LogP contribution in [0.15, 0.2) is 60.8 Å². The van der Waals surface area contributed by atoms with Crippen molar-refractivity contribution in [2.24, 2.45) is 0 Å². The van der Waals surface area contributed by atoms with Gasteiger partial charge >= 0.3 is 18.1 Å². The van der Waals surface area contributed by atoms with Crippen LogP contribution in [0.4, 0.5) is 18.9 Å². The lowest BCUT2D eigenvalue weighted by Crippen LogP contribution is -2.24. The number of anilines is 1. The van der Waals surface area contributed by atoms with Crippen LogP contribution in [-0.2, 0) is 29.0 Å². The zero-order valence-corrected chi connectivity index (χ0v) is 24.9. The molecule has 0 aliphatic carbocycles. The predicted molar refractivity (Wildman–Crippen MR) is 159 cm³/mol. The normalized spacial score (nSPS) is 10.8. The number of aliphatic carboxylic acids is 1. The molecule has 4 aromatic rings. The minimum absolute atomic E-state index is 0.245. The highest BCUT2D eigenvalue weighted by molar-refractivity contribution is 7.15. The zero-order valence-electron chi connectivity index (χ0n) is 24.1. The predicted octanol–water partition coefficient (Wildman–Crippen LogP) is 6.06. The number of hydrogen-bond donors (Lipinski definition) is 4. The number of amides is 1. The number of carbonyl (C=O) groups is 3. The smallest absolute Gasteiger partial charge is 0.490 e. The maximum absolute atomic E-state index is 13.2. The monoisotopic (exact) mass is 632 g/mol. The quantitative estimate of drug-likeness (QED) is 0.146. The molecule has 10 nitrogen and oxygen atoms in total. The number of rotatable bonds is 11. The summed E-state index contributed by atoms with van der Waals surface area (Å²) < 4.78 is 42.3. The van der Waals surface area contributed by atoms with Gasteiger partial charge in [-0.3, -0.25) is 4.79 Å². The Kier molecular flexibility index (Phi) is 11.9. The first kappa shape index (κ1) is 33.6. The van der Waals surface area contributed by atoms with Crippen molar-refractivity contribution in [1.82, 2.24) is 15.3 Å². The molecule has 4 rings (SSSR count). The number of carbonyl (C=O) groups excluding carboxylic acids is 2. The highest BCUT2D eigenvalue weighted by Gasteiger charge is 2.38. The average molecular weight is 633 g/mol. The van der Waals surface area contributed by atoms with Crippen molar-refractivity contribution >= 4 is 34.9 Å². The molecule has 0 unspecified atom stereocenters. The average Bonchev–Trinajstić information content (AvgIpc) is 3.64. The Hall–Kier alpha value is -4.85. The van der Waals surface area contributed by atoms with Gasteiger partial charge in [0.2, 0.25) is 0 Å². The molecule has 0 aliphatic heterocycles. The van der Waals surface area contributed by atoms with Gasteiger partial charge in [0.05, 0.1) is 32.4 Å². The summed E-state index contributed by atoms with van der Waals surface area (Å²) >= 11 is 1.53. The lowest BCUT2D eigenvalue weighted by Gasteiger charge is -2.09. The molecular formula is C30H31F3N4O6S. The first-order valence-corrected chi connectivity index (χ1v) is 14.2. The van der Waals surface area contributed by atoms with Crippen LogP contribution in [0.2, 0.25) is 0 Å². The van der Waals surface area contributed by atoms with E-state index in [4.69, 9.17) is 19.4 Å². The number of hydrogen-bond acceptors (Lipinski definition) is 8. The molecule has 2 aromatic heterocycles. The van der Waals surface area contributed by atoms with Crippen molar-refractivity contribution in [3.63, 3.8) is 0 Å². The van der Waals surface area contributed by atoms with Gasteiger partial charge in [0.25, 0.3) is 5.91 Å². The summed E-state index contributed by atoms with van der Waals surface area (Å²) in [5, 5.41) is 14.3. The standard InChI is InChI=1S/C28H30N4O4S.C2HF3O2/c1-4-22-24(28(34)36-5-2)23(17-29-19-11-13-20(35-3)14-12-19)32-25(22)26(33)30-15-21-16-31-27(37-21)18-9-7-6-8-10-18;3-2(4,5)1(6)7/h6-14,16,29,32H,4-5,15,17H2,1-3H3,(H,30,33);(H,6,7). The molecule has 0 saturated carbocycles. The Morgan fingerprint density at radius 2 is 1.68 bits per heavy atom. The van der Waals surface area contributed by atoms with Crippen LogP contribution >= 0.6 is 11.3 Å². The number of ether oxygens (including phenoxy) is 2. The Morgan fingerprint density at radius 1 is 1.02 bits per heavy atom. The first-order valence-electron chi connectivity index (χ1n) is 13.4. The lowest BCUT2D eigenvalue weighted by molar-refractivity contribution is -0.192. The van der Waals surface area contributed by atoms with Crippen molar-refractivity contribution < 1.29 is 42.1 Å². The van der Waals surface area contributed by atoms with Gasteiger partial charge in [0.15, 0.2) is 0 Å². The topological polar surface area (TPSA) is 143 Å². The summed E-state index contributed by atoms with van der Waals surface area (Å²) in [6, 6.07) is 17.4. The van der Waals surface area contributed by atoms with Gasteiger partial charge in [0, 0.05) is 28.0 Å². The molecule has 0 radical (unpaired) electrons. The zero-order chi connectivity index (χ0) is 32.3. The van der Waals surface area contributed by atoms with Crippen molar-refractivity contribution in [2.45, 2.75) is 39.5 Å². The number of nitrogens with one attached hydrogen (secondary N) is 3. The molecule has 14 heteroatoms. The number of aromatic nitrogens is 2. The highest BCUT2D eigenvalue weighted by atomic mass is 32.1. The van der Waals surface area contributed by atoms with E-state index in [1.165, 1.54) is 11.3 Å². The Morgan fingerprint density at radius 3 is 2.25 bits per heavy atom. The van der Waals surface area contributed by atoms with Crippen molar-refractivity contribution in [2.75, 3.05) is 19.0 Å². The second kappa shape index (κ2) is 15.6. The summed E-state index contributed by atoms with van der Waals surface area (Å²) in [6.45, 7) is 4.57. The van der Waals surface area contributed by atoms with E-state index in [2.05, 4.69) is 20.6 Å². The van der Waals surface area contributed by atoms with Crippen LogP contribution in [-0.4, -0.2) is 52.8 Å². The Labute approximate surface area is 255 Å². The third-order valence-corrected chi connectivity index (χ3v) is 7.09. The number of esters is 1. The van der Waals surface area contributed by atoms with Crippen LogP contribution in [0.1, 0.15) is 50.8 Å². The van der Waals surface area contributed by atoms with Crippen LogP contribution in [0.5, 0.6) is 5.75 Å². The molecule has 1 amide bonds. The van der Waals surface area contributed by atoms with E-state index in [0.717, 1.165) is 26.9 Å². The van der Waals surface area contributed by atoms with E-state index in [-0.39, 0.29) is 12.5 Å². The minimum Gasteiger partial charge on any atom is -0.497 e. The van der Waals surface area contributed by atoms with E-state index in [1.807, 2.05) is 61.5 Å². The number of carboxylic acids is 1. The second-order valence-corrected chi connectivity index (χ2v) is 10.1. The van der Waals surface area contributed by atoms with E-state index in [1.54, 1.807) is 20.2 Å². The van der Waals surface area contributed by atoms with Crippen LogP contribution in [0, 0.1) is 0 Å². The summed E-state index contributed by atoms with van der Waals surface area (Å²) in [5.74, 6) is -2.74. The van der Waals surface area contributed by atoms with Crippen molar-refractivity contribution in [3.8, 4) is 16.3 Å². The fourth-order valence-electron chi connectivity index (χ4n) is 3.98. The third kappa shape index (κ3) is 9.07. The lowest BCUT2D eigenvalue weighted by atomic mass is 10.1.